The summed E-state index contributed by atoms with van der Waals surface area (Å²) in [7, 11) is 0. The zero-order valence-electron chi connectivity index (χ0n) is 17.5. The highest BCUT2D eigenvalue weighted by atomic mass is 19.1. The van der Waals surface area contributed by atoms with Gasteiger partial charge in [0.05, 0.1) is 18.9 Å². The molecule has 2 aliphatic rings. The average molecular weight is 421 g/mol. The maximum atomic E-state index is 14.6. The van der Waals surface area contributed by atoms with Crippen molar-refractivity contribution in [3.8, 4) is 17.3 Å². The summed E-state index contributed by atoms with van der Waals surface area (Å²) in [6, 6.07) is 6.40. The first-order valence-corrected chi connectivity index (χ1v) is 10.5. The SMILES string of the molecule is CC(C)N1CCOc2cnc(-c3nc(Nc4ccc5c(c4)CNCC5)ncc3F)nc21. The number of ether oxygens (including phenoxy) is 1. The van der Waals surface area contributed by atoms with Crippen LogP contribution >= 0.6 is 0 Å². The molecule has 5 rings (SSSR count). The molecule has 2 aromatic heterocycles. The lowest BCUT2D eigenvalue weighted by Crippen LogP contribution is -2.38. The van der Waals surface area contributed by atoms with Gasteiger partial charge in [0.2, 0.25) is 5.95 Å². The van der Waals surface area contributed by atoms with Crippen molar-refractivity contribution in [3.05, 3.63) is 47.5 Å². The second-order valence-electron chi connectivity index (χ2n) is 7.94. The number of fused-ring (bicyclic) bond motifs is 2. The number of hydrogen-bond acceptors (Lipinski definition) is 8. The molecular formula is C22H24FN7O. The molecule has 0 saturated carbocycles. The van der Waals surface area contributed by atoms with Crippen molar-refractivity contribution in [2.24, 2.45) is 0 Å². The van der Waals surface area contributed by atoms with Gasteiger partial charge in [0.25, 0.3) is 0 Å². The van der Waals surface area contributed by atoms with Crippen molar-refractivity contribution >= 4 is 17.5 Å². The van der Waals surface area contributed by atoms with Crippen LogP contribution in [0.5, 0.6) is 5.75 Å². The number of aromatic nitrogens is 4. The molecule has 1 aromatic carbocycles. The number of benzene rings is 1. The van der Waals surface area contributed by atoms with E-state index in [-0.39, 0.29) is 17.6 Å². The Hall–Kier alpha value is -3.33. The Kier molecular flexibility index (Phi) is 5.11. The largest absolute Gasteiger partial charge is 0.486 e. The predicted molar refractivity (Wildman–Crippen MR) is 116 cm³/mol. The first-order valence-electron chi connectivity index (χ1n) is 10.5. The van der Waals surface area contributed by atoms with Crippen LogP contribution in [0, 0.1) is 5.82 Å². The maximum absolute atomic E-state index is 14.6. The lowest BCUT2D eigenvalue weighted by Gasteiger charge is -2.33. The fourth-order valence-corrected chi connectivity index (χ4v) is 3.92. The number of anilines is 3. The summed E-state index contributed by atoms with van der Waals surface area (Å²) in [6.07, 6.45) is 3.74. The van der Waals surface area contributed by atoms with Gasteiger partial charge in [-0.05, 0) is 50.1 Å². The van der Waals surface area contributed by atoms with E-state index in [2.05, 4.69) is 61.4 Å². The monoisotopic (exact) mass is 421 g/mol. The molecular weight excluding hydrogens is 397 g/mol. The quantitative estimate of drug-likeness (QED) is 0.665. The van der Waals surface area contributed by atoms with Gasteiger partial charge in [0, 0.05) is 18.3 Å². The van der Waals surface area contributed by atoms with Gasteiger partial charge in [0.15, 0.2) is 23.2 Å². The number of rotatable bonds is 4. The number of nitrogens with zero attached hydrogens (tertiary/aromatic N) is 5. The lowest BCUT2D eigenvalue weighted by molar-refractivity contribution is 0.299. The Bertz CT molecular complexity index is 1120. The third kappa shape index (κ3) is 3.88. The van der Waals surface area contributed by atoms with Gasteiger partial charge in [0.1, 0.15) is 12.3 Å². The predicted octanol–water partition coefficient (Wildman–Crippen LogP) is 3.07. The topological polar surface area (TPSA) is 88.1 Å². The molecule has 0 atom stereocenters. The Balaban J connectivity index is 1.46. The Morgan fingerprint density at radius 2 is 2.06 bits per heavy atom. The van der Waals surface area contributed by atoms with Gasteiger partial charge < -0.3 is 20.3 Å². The van der Waals surface area contributed by atoms with Crippen LogP contribution in [0.3, 0.4) is 0 Å². The Morgan fingerprint density at radius 1 is 1.16 bits per heavy atom. The zero-order chi connectivity index (χ0) is 21.4. The van der Waals surface area contributed by atoms with Crippen molar-refractivity contribution < 1.29 is 9.13 Å². The van der Waals surface area contributed by atoms with E-state index in [9.17, 15) is 4.39 Å². The van der Waals surface area contributed by atoms with E-state index >= 15 is 0 Å². The molecule has 8 nitrogen and oxygen atoms in total. The minimum absolute atomic E-state index is 0.0502. The highest BCUT2D eigenvalue weighted by molar-refractivity contribution is 5.62. The van der Waals surface area contributed by atoms with Crippen LogP contribution in [-0.2, 0) is 13.0 Å². The van der Waals surface area contributed by atoms with Crippen molar-refractivity contribution in [3.63, 3.8) is 0 Å². The number of halogens is 1. The summed E-state index contributed by atoms with van der Waals surface area (Å²) in [4.78, 5) is 19.5. The van der Waals surface area contributed by atoms with Gasteiger partial charge in [-0.1, -0.05) is 6.07 Å². The normalized spacial score (nSPS) is 15.3. The molecule has 0 amide bonds. The number of nitrogens with one attached hydrogen (secondary N) is 2. The molecule has 2 N–H and O–H groups in total. The molecule has 0 aliphatic carbocycles. The van der Waals surface area contributed by atoms with Crippen LogP contribution < -0.4 is 20.3 Å². The van der Waals surface area contributed by atoms with Gasteiger partial charge in [-0.15, -0.1) is 0 Å². The fourth-order valence-electron chi connectivity index (χ4n) is 3.92. The Morgan fingerprint density at radius 3 is 2.94 bits per heavy atom. The molecule has 4 heterocycles. The molecule has 0 spiro atoms. The van der Waals surface area contributed by atoms with Gasteiger partial charge in [-0.25, -0.2) is 24.3 Å². The van der Waals surface area contributed by atoms with Crippen molar-refractivity contribution in [1.82, 2.24) is 25.3 Å². The third-order valence-electron chi connectivity index (χ3n) is 5.53. The van der Waals surface area contributed by atoms with Crippen LogP contribution in [0.4, 0.5) is 21.8 Å². The van der Waals surface area contributed by atoms with Crippen molar-refractivity contribution in [2.75, 3.05) is 29.9 Å². The zero-order valence-corrected chi connectivity index (χ0v) is 17.5. The van der Waals surface area contributed by atoms with E-state index in [1.54, 1.807) is 6.20 Å². The van der Waals surface area contributed by atoms with Crippen LogP contribution in [-0.4, -0.2) is 45.7 Å². The Labute approximate surface area is 179 Å². The van der Waals surface area contributed by atoms with E-state index in [1.165, 1.54) is 11.1 Å². The van der Waals surface area contributed by atoms with E-state index < -0.39 is 5.82 Å². The van der Waals surface area contributed by atoms with E-state index in [4.69, 9.17) is 4.74 Å². The molecule has 0 fully saturated rings. The highest BCUT2D eigenvalue weighted by Gasteiger charge is 2.24. The van der Waals surface area contributed by atoms with E-state index in [0.717, 1.165) is 31.4 Å². The third-order valence-corrected chi connectivity index (χ3v) is 5.53. The molecule has 0 unspecified atom stereocenters. The molecule has 2 aliphatic heterocycles. The minimum Gasteiger partial charge on any atom is -0.486 e. The van der Waals surface area contributed by atoms with Gasteiger partial charge >= 0.3 is 0 Å². The minimum atomic E-state index is -0.576. The molecule has 0 saturated heterocycles. The first kappa shape index (κ1) is 19.6. The van der Waals surface area contributed by atoms with Gasteiger partial charge in [-0.2, -0.15) is 0 Å². The standard InChI is InChI=1S/C22H24FN7O/c1-13(2)30-7-8-31-18-12-25-20(29-21(18)30)19-17(23)11-26-22(28-19)27-16-4-3-14-5-6-24-10-15(14)9-16/h3-4,9,11-13,24H,5-8,10H2,1-2H3,(H,26,27,28). The summed E-state index contributed by atoms with van der Waals surface area (Å²) in [5.74, 6) is 1.17. The summed E-state index contributed by atoms with van der Waals surface area (Å²) in [6.45, 7) is 7.27. The van der Waals surface area contributed by atoms with Crippen LogP contribution in [0.2, 0.25) is 0 Å². The molecule has 31 heavy (non-hydrogen) atoms. The number of hydrogen-bond donors (Lipinski definition) is 2. The smallest absolute Gasteiger partial charge is 0.228 e. The van der Waals surface area contributed by atoms with Crippen LogP contribution in [0.15, 0.2) is 30.6 Å². The fraction of sp³-hybridized carbons (Fsp3) is 0.364. The first-order chi connectivity index (χ1) is 15.1. The van der Waals surface area contributed by atoms with Crippen molar-refractivity contribution in [1.29, 1.82) is 0 Å². The summed E-state index contributed by atoms with van der Waals surface area (Å²) >= 11 is 0. The van der Waals surface area contributed by atoms with Crippen molar-refractivity contribution in [2.45, 2.75) is 32.9 Å². The van der Waals surface area contributed by atoms with E-state index in [0.29, 0.717) is 30.7 Å². The molecule has 0 radical (unpaired) electrons. The second kappa shape index (κ2) is 8.07. The summed E-state index contributed by atoms with van der Waals surface area (Å²) in [5, 5.41) is 6.54. The summed E-state index contributed by atoms with van der Waals surface area (Å²) in [5.41, 5.74) is 3.48. The van der Waals surface area contributed by atoms with Crippen LogP contribution in [0.25, 0.3) is 11.5 Å². The second-order valence-corrected chi connectivity index (χ2v) is 7.94. The van der Waals surface area contributed by atoms with Crippen LogP contribution in [0.1, 0.15) is 25.0 Å². The highest BCUT2D eigenvalue weighted by Crippen LogP contribution is 2.32. The maximum Gasteiger partial charge on any atom is 0.228 e. The lowest BCUT2D eigenvalue weighted by atomic mass is 10.0. The average Bonchev–Trinajstić information content (AvgIpc) is 2.79. The molecule has 9 heteroatoms. The molecule has 0 bridgehead atoms. The molecule has 3 aromatic rings. The van der Waals surface area contributed by atoms with E-state index in [1.807, 2.05) is 6.07 Å². The molecule has 160 valence electrons. The summed E-state index contributed by atoms with van der Waals surface area (Å²) < 4.78 is 20.3. The van der Waals surface area contributed by atoms with Gasteiger partial charge in [-0.3, -0.25) is 0 Å².